The molecule has 0 aromatic rings. The SMILES string of the molecule is CNO[PH](C)(OC(C)(C)C)C(C)(C)C. The quantitative estimate of drug-likeness (QED) is 0.589. The molecule has 0 saturated heterocycles. The van der Waals surface area contributed by atoms with E-state index in [1.807, 2.05) is 0 Å². The van der Waals surface area contributed by atoms with Crippen molar-refractivity contribution >= 4 is 7.72 Å². The van der Waals surface area contributed by atoms with Crippen molar-refractivity contribution in [1.82, 2.24) is 5.48 Å². The Labute approximate surface area is 89.0 Å². The van der Waals surface area contributed by atoms with Crippen molar-refractivity contribution in [3.05, 3.63) is 0 Å². The molecule has 0 aliphatic rings. The minimum absolute atomic E-state index is 0.0449. The summed E-state index contributed by atoms with van der Waals surface area (Å²) in [4.78, 5) is 0. The molecule has 0 atom stereocenters. The van der Waals surface area contributed by atoms with Gasteiger partial charge in [0.25, 0.3) is 0 Å². The third-order valence-corrected chi connectivity index (χ3v) is 6.48. The predicted octanol–water partition coefficient (Wildman–Crippen LogP) is 2.96. The molecular formula is C10H26NO2P. The Morgan fingerprint density at radius 1 is 1.00 bits per heavy atom. The van der Waals surface area contributed by atoms with E-state index in [-0.39, 0.29) is 10.8 Å². The van der Waals surface area contributed by atoms with E-state index in [0.29, 0.717) is 0 Å². The molecule has 0 spiro atoms. The fraction of sp³-hybridized carbons (Fsp3) is 1.00. The Balaban J connectivity index is 4.74. The van der Waals surface area contributed by atoms with E-state index in [4.69, 9.17) is 9.15 Å². The van der Waals surface area contributed by atoms with E-state index in [2.05, 4.69) is 53.7 Å². The fourth-order valence-electron chi connectivity index (χ4n) is 1.11. The van der Waals surface area contributed by atoms with Crippen LogP contribution in [0.1, 0.15) is 41.5 Å². The van der Waals surface area contributed by atoms with Crippen molar-refractivity contribution < 1.29 is 9.15 Å². The van der Waals surface area contributed by atoms with Gasteiger partial charge in [-0.1, -0.05) is 0 Å². The van der Waals surface area contributed by atoms with Gasteiger partial charge in [0.1, 0.15) is 0 Å². The van der Waals surface area contributed by atoms with Gasteiger partial charge in [0.15, 0.2) is 0 Å². The fourth-order valence-corrected chi connectivity index (χ4v) is 3.32. The average Bonchev–Trinajstić information content (AvgIpc) is 1.79. The van der Waals surface area contributed by atoms with Crippen LogP contribution in [0.2, 0.25) is 0 Å². The normalized spacial score (nSPS) is 15.7. The number of rotatable bonds is 3. The molecule has 88 valence electrons. The monoisotopic (exact) mass is 223 g/mol. The molecule has 0 radical (unpaired) electrons. The second-order valence-corrected chi connectivity index (χ2v) is 9.52. The van der Waals surface area contributed by atoms with E-state index in [1.54, 1.807) is 7.05 Å². The molecule has 0 fully saturated rings. The maximum absolute atomic E-state index is 6.08. The van der Waals surface area contributed by atoms with Gasteiger partial charge in [-0.2, -0.15) is 0 Å². The molecular weight excluding hydrogens is 197 g/mol. The Morgan fingerprint density at radius 2 is 1.43 bits per heavy atom. The summed E-state index contributed by atoms with van der Waals surface area (Å²) in [6, 6.07) is 0. The van der Waals surface area contributed by atoms with Crippen LogP contribution in [0.3, 0.4) is 0 Å². The van der Waals surface area contributed by atoms with Gasteiger partial charge < -0.3 is 0 Å². The van der Waals surface area contributed by atoms with Gasteiger partial charge in [-0.15, -0.1) is 0 Å². The van der Waals surface area contributed by atoms with Crippen molar-refractivity contribution in [2.75, 3.05) is 13.7 Å². The maximum atomic E-state index is 6.08. The summed E-state index contributed by atoms with van der Waals surface area (Å²) in [5.41, 5.74) is 2.61. The molecule has 0 unspecified atom stereocenters. The van der Waals surface area contributed by atoms with Gasteiger partial charge >= 0.3 is 88.4 Å². The molecule has 0 aliphatic carbocycles. The Hall–Kier alpha value is 0.310. The zero-order valence-electron chi connectivity index (χ0n) is 10.8. The number of hydroxylamine groups is 1. The first-order chi connectivity index (χ1) is 6.02. The second-order valence-electron chi connectivity index (χ2n) is 5.72. The molecule has 14 heavy (non-hydrogen) atoms. The van der Waals surface area contributed by atoms with Crippen LogP contribution in [0.25, 0.3) is 0 Å². The van der Waals surface area contributed by atoms with Gasteiger partial charge in [0.05, 0.1) is 0 Å². The molecule has 0 amide bonds. The Bertz CT molecular complexity index is 184. The van der Waals surface area contributed by atoms with E-state index in [0.717, 1.165) is 0 Å². The zero-order chi connectivity index (χ0) is 11.6. The van der Waals surface area contributed by atoms with Crippen LogP contribution in [0.15, 0.2) is 0 Å². The third kappa shape index (κ3) is 4.22. The summed E-state index contributed by atoms with van der Waals surface area (Å²) in [5.74, 6) is 0. The van der Waals surface area contributed by atoms with E-state index < -0.39 is 7.72 Å². The molecule has 1 N–H and O–H groups in total. The molecule has 3 nitrogen and oxygen atoms in total. The number of nitrogens with one attached hydrogen (secondary N) is 1. The molecule has 0 heterocycles. The van der Waals surface area contributed by atoms with Crippen molar-refractivity contribution in [2.45, 2.75) is 52.3 Å². The second kappa shape index (κ2) is 4.44. The molecule has 0 aromatic carbocycles. The van der Waals surface area contributed by atoms with Crippen molar-refractivity contribution in [3.63, 3.8) is 0 Å². The first-order valence-corrected chi connectivity index (χ1v) is 7.38. The van der Waals surface area contributed by atoms with Gasteiger partial charge in [0.2, 0.25) is 0 Å². The van der Waals surface area contributed by atoms with E-state index >= 15 is 0 Å². The van der Waals surface area contributed by atoms with E-state index in [9.17, 15) is 0 Å². The standard InChI is InChI=1S/C10H26NO2P/c1-9(2,3)12-14(8,13-11-7)10(4,5)6/h11,14H,1-8H3. The van der Waals surface area contributed by atoms with Gasteiger partial charge in [-0.3, -0.25) is 0 Å². The number of hydrogen-bond acceptors (Lipinski definition) is 3. The number of hydrogen-bond donors (Lipinski definition) is 1. The third-order valence-electron chi connectivity index (χ3n) is 2.16. The zero-order valence-corrected chi connectivity index (χ0v) is 11.8. The summed E-state index contributed by atoms with van der Waals surface area (Å²) in [6.45, 7) is 14.7. The van der Waals surface area contributed by atoms with Gasteiger partial charge in [-0.25, -0.2) is 0 Å². The first-order valence-electron chi connectivity index (χ1n) is 5.07. The van der Waals surface area contributed by atoms with Crippen LogP contribution in [-0.2, 0) is 9.15 Å². The topological polar surface area (TPSA) is 30.5 Å². The van der Waals surface area contributed by atoms with Crippen molar-refractivity contribution in [3.8, 4) is 0 Å². The summed E-state index contributed by atoms with van der Waals surface area (Å²) < 4.78 is 11.7. The minimum atomic E-state index is -2.20. The summed E-state index contributed by atoms with van der Waals surface area (Å²) in [7, 11) is -0.417. The van der Waals surface area contributed by atoms with Crippen LogP contribution in [0.5, 0.6) is 0 Å². The Kier molecular flexibility index (Phi) is 4.54. The average molecular weight is 223 g/mol. The summed E-state index contributed by atoms with van der Waals surface area (Å²) in [6.07, 6.45) is 0. The first kappa shape index (κ1) is 14.3. The Morgan fingerprint density at radius 3 is 1.64 bits per heavy atom. The summed E-state index contributed by atoms with van der Waals surface area (Å²) >= 11 is 0. The van der Waals surface area contributed by atoms with Crippen LogP contribution >= 0.6 is 7.72 Å². The van der Waals surface area contributed by atoms with Crippen LogP contribution < -0.4 is 5.48 Å². The summed E-state index contributed by atoms with van der Waals surface area (Å²) in [5, 5.41) is 0.0449. The molecule has 0 rings (SSSR count). The van der Waals surface area contributed by atoms with Crippen LogP contribution in [0, 0.1) is 0 Å². The van der Waals surface area contributed by atoms with E-state index in [1.165, 1.54) is 0 Å². The van der Waals surface area contributed by atoms with Gasteiger partial charge in [-0.05, 0) is 0 Å². The molecule has 0 aliphatic heterocycles. The van der Waals surface area contributed by atoms with Crippen molar-refractivity contribution in [2.24, 2.45) is 0 Å². The van der Waals surface area contributed by atoms with Crippen molar-refractivity contribution in [1.29, 1.82) is 0 Å². The predicted molar refractivity (Wildman–Crippen MR) is 65.0 cm³/mol. The van der Waals surface area contributed by atoms with Crippen LogP contribution in [-0.4, -0.2) is 24.5 Å². The molecule has 0 bridgehead atoms. The molecule has 0 saturated carbocycles. The molecule has 0 aromatic heterocycles. The van der Waals surface area contributed by atoms with Crippen LogP contribution in [0.4, 0.5) is 0 Å². The molecule has 4 heteroatoms. The van der Waals surface area contributed by atoms with Gasteiger partial charge in [0, 0.05) is 0 Å².